The lowest BCUT2D eigenvalue weighted by atomic mass is 9.47. The van der Waals surface area contributed by atoms with Gasteiger partial charge in [0.05, 0.1) is 6.10 Å². The molecule has 5 aliphatic rings. The Hall–Kier alpha value is -2.22. The van der Waals surface area contributed by atoms with E-state index in [1.807, 2.05) is 4.90 Å². The van der Waals surface area contributed by atoms with Gasteiger partial charge in [-0.2, -0.15) is 5.10 Å². The molecule has 6 rings (SSSR count). The van der Waals surface area contributed by atoms with Crippen LogP contribution in [0, 0.1) is 40.4 Å². The summed E-state index contributed by atoms with van der Waals surface area (Å²) in [6, 6.07) is 0. The molecule has 1 unspecified atom stereocenters. The van der Waals surface area contributed by atoms with E-state index in [0.717, 1.165) is 43.4 Å². The molecule has 220 valence electrons. The molecule has 4 aliphatic carbocycles. The lowest BCUT2D eigenvalue weighted by Gasteiger charge is -2.58. The molecule has 3 saturated carbocycles. The summed E-state index contributed by atoms with van der Waals surface area (Å²) in [4.78, 5) is 33.7. The minimum atomic E-state index is -0.139. The first kappa shape index (κ1) is 27.9. The number of aliphatic hydroxyl groups excluding tert-OH is 1. The highest BCUT2D eigenvalue weighted by Crippen LogP contribution is 2.67. The first-order valence-electron chi connectivity index (χ1n) is 15.9. The van der Waals surface area contributed by atoms with Crippen molar-refractivity contribution in [3.05, 3.63) is 23.8 Å². The molecule has 1 saturated heterocycles. The quantitative estimate of drug-likeness (QED) is 0.546. The van der Waals surface area contributed by atoms with Crippen molar-refractivity contribution < 1.29 is 14.7 Å². The summed E-state index contributed by atoms with van der Waals surface area (Å²) in [5, 5.41) is 14.3. The largest absolute Gasteiger partial charge is 0.393 e. The molecule has 1 aromatic heterocycles. The predicted octanol–water partition coefficient (Wildman–Crippen LogP) is 4.46. The summed E-state index contributed by atoms with van der Waals surface area (Å²) >= 11 is 0. The number of amides is 2. The predicted molar refractivity (Wildman–Crippen MR) is 153 cm³/mol. The third-order valence-electron chi connectivity index (χ3n) is 12.5. The molecule has 8 atom stereocenters. The average Bonchev–Trinajstić information content (AvgIpc) is 3.54. The van der Waals surface area contributed by atoms with Crippen molar-refractivity contribution in [1.82, 2.24) is 24.6 Å². The third-order valence-corrected chi connectivity index (χ3v) is 12.5. The number of aryl methyl sites for hydroxylation is 1. The molecule has 0 bridgehead atoms. The van der Waals surface area contributed by atoms with Crippen LogP contribution >= 0.6 is 0 Å². The van der Waals surface area contributed by atoms with E-state index < -0.39 is 0 Å². The van der Waals surface area contributed by atoms with E-state index in [9.17, 15) is 14.7 Å². The van der Waals surface area contributed by atoms with Gasteiger partial charge in [-0.15, -0.1) is 0 Å². The van der Waals surface area contributed by atoms with Crippen LogP contribution in [-0.2, 0) is 11.8 Å². The number of hydrogen-bond donors (Lipinski definition) is 1. The maximum Gasteiger partial charge on any atom is 0.291 e. The fourth-order valence-electron chi connectivity index (χ4n) is 10.1. The number of allylic oxidation sites excluding steroid dienone is 1. The number of fused-ring (bicyclic) bond motifs is 5. The Balaban J connectivity index is 1.03. The second-order valence-electron chi connectivity index (χ2n) is 14.3. The van der Waals surface area contributed by atoms with Crippen LogP contribution in [-0.4, -0.2) is 73.8 Å². The van der Waals surface area contributed by atoms with Crippen molar-refractivity contribution >= 4 is 11.8 Å². The minimum absolute atomic E-state index is 0.112. The highest BCUT2D eigenvalue weighted by atomic mass is 16.3. The summed E-state index contributed by atoms with van der Waals surface area (Å²) in [7, 11) is 1.73. The second-order valence-corrected chi connectivity index (χ2v) is 14.3. The topological polar surface area (TPSA) is 91.6 Å². The summed E-state index contributed by atoms with van der Waals surface area (Å²) < 4.78 is 1.51. The summed E-state index contributed by atoms with van der Waals surface area (Å²) in [5.41, 5.74) is 2.23. The van der Waals surface area contributed by atoms with Gasteiger partial charge in [-0.25, -0.2) is 9.67 Å². The van der Waals surface area contributed by atoms with Crippen molar-refractivity contribution in [3.8, 4) is 0 Å². The zero-order valence-corrected chi connectivity index (χ0v) is 25.0. The zero-order valence-electron chi connectivity index (χ0n) is 25.0. The number of carbonyl (C=O) groups is 2. The van der Waals surface area contributed by atoms with Gasteiger partial charge in [0.25, 0.3) is 5.91 Å². The van der Waals surface area contributed by atoms with Crippen LogP contribution in [0.1, 0.15) is 95.6 Å². The van der Waals surface area contributed by atoms with Crippen molar-refractivity contribution in [2.24, 2.45) is 47.5 Å². The van der Waals surface area contributed by atoms with E-state index in [-0.39, 0.29) is 17.9 Å². The van der Waals surface area contributed by atoms with Gasteiger partial charge in [-0.1, -0.05) is 32.4 Å². The van der Waals surface area contributed by atoms with Gasteiger partial charge in [0.2, 0.25) is 11.7 Å². The number of carbonyl (C=O) groups excluding carboxylic acids is 2. The van der Waals surface area contributed by atoms with E-state index in [1.54, 1.807) is 17.5 Å². The molecule has 2 amide bonds. The maximum atomic E-state index is 13.2. The molecular formula is C32H49N5O3. The fourth-order valence-corrected chi connectivity index (χ4v) is 10.1. The first-order valence-corrected chi connectivity index (χ1v) is 15.9. The summed E-state index contributed by atoms with van der Waals surface area (Å²) in [6.07, 6.45) is 14.8. The zero-order chi connectivity index (χ0) is 28.2. The molecule has 40 heavy (non-hydrogen) atoms. The first-order chi connectivity index (χ1) is 19.1. The van der Waals surface area contributed by atoms with Crippen LogP contribution in [0.15, 0.2) is 18.0 Å². The van der Waals surface area contributed by atoms with E-state index in [0.29, 0.717) is 61.1 Å². The second kappa shape index (κ2) is 10.6. The molecule has 4 fully saturated rings. The molecule has 2 heterocycles. The summed E-state index contributed by atoms with van der Waals surface area (Å²) in [6.45, 7) is 9.78. The Labute approximate surface area is 239 Å². The number of aromatic nitrogens is 3. The number of nitrogens with zero attached hydrogens (tertiary/aromatic N) is 5. The lowest BCUT2D eigenvalue weighted by molar-refractivity contribution is -0.133. The molecule has 8 nitrogen and oxygen atoms in total. The average molecular weight is 552 g/mol. The van der Waals surface area contributed by atoms with Crippen LogP contribution in [0.4, 0.5) is 0 Å². The van der Waals surface area contributed by atoms with Crippen molar-refractivity contribution in [1.29, 1.82) is 0 Å². The van der Waals surface area contributed by atoms with Crippen LogP contribution in [0.5, 0.6) is 0 Å². The summed E-state index contributed by atoms with van der Waals surface area (Å²) in [5.74, 6) is 4.05. The standard InChI is InChI=1S/C32H49N5O3/c1-21(5-10-28(39)36-15-17-37(18-16-36)30(40)29-33-20-34-35(29)4)25-8-9-26-24-7-6-22-19-23(38)11-13-31(22,2)27(24)12-14-32(25,26)3/h6,20-21,23-27,38H,5,7-19H2,1-4H3/t21?,23-,24-,25+,26-,27-,31-,32+/m0/s1. The molecule has 1 aromatic rings. The van der Waals surface area contributed by atoms with Gasteiger partial charge in [-0.3, -0.25) is 9.59 Å². The molecule has 8 heteroatoms. The van der Waals surface area contributed by atoms with Gasteiger partial charge in [0.1, 0.15) is 6.33 Å². The number of hydrogen-bond acceptors (Lipinski definition) is 5. The normalized spacial score (nSPS) is 38.2. The van der Waals surface area contributed by atoms with Gasteiger partial charge < -0.3 is 14.9 Å². The molecular weight excluding hydrogens is 502 g/mol. The van der Waals surface area contributed by atoms with Gasteiger partial charge >= 0.3 is 0 Å². The van der Waals surface area contributed by atoms with Crippen LogP contribution < -0.4 is 0 Å². The van der Waals surface area contributed by atoms with E-state index >= 15 is 0 Å². The Morgan fingerprint density at radius 3 is 2.52 bits per heavy atom. The van der Waals surface area contributed by atoms with Crippen molar-refractivity contribution in [2.75, 3.05) is 26.2 Å². The SMILES string of the molecule is CC(CCC(=O)N1CCN(C(=O)c2ncnn2C)CC1)[C@H]1CC[C@H]2[C@@H]3CC=C4C[C@@H](O)CC[C@]4(C)[C@H]3CC[C@]12C. The Morgan fingerprint density at radius 2 is 1.80 bits per heavy atom. The highest BCUT2D eigenvalue weighted by molar-refractivity contribution is 5.90. The smallest absolute Gasteiger partial charge is 0.291 e. The molecule has 0 spiro atoms. The van der Waals surface area contributed by atoms with Gasteiger partial charge in [-0.05, 0) is 98.2 Å². The monoisotopic (exact) mass is 551 g/mol. The van der Waals surface area contributed by atoms with Crippen molar-refractivity contribution in [3.63, 3.8) is 0 Å². The van der Waals surface area contributed by atoms with Crippen LogP contribution in [0.2, 0.25) is 0 Å². The van der Waals surface area contributed by atoms with Gasteiger partial charge in [0.15, 0.2) is 0 Å². The molecule has 1 N–H and O–H groups in total. The Kier molecular flexibility index (Phi) is 7.37. The Bertz CT molecular complexity index is 1160. The molecule has 0 radical (unpaired) electrons. The van der Waals surface area contributed by atoms with E-state index in [2.05, 4.69) is 36.9 Å². The molecule has 1 aliphatic heterocycles. The van der Waals surface area contributed by atoms with E-state index in [1.165, 1.54) is 43.1 Å². The number of piperazine rings is 1. The fraction of sp³-hybridized carbons (Fsp3) is 0.812. The number of rotatable bonds is 5. The Morgan fingerprint density at radius 1 is 1.05 bits per heavy atom. The highest BCUT2D eigenvalue weighted by Gasteiger charge is 2.59. The van der Waals surface area contributed by atoms with E-state index in [4.69, 9.17) is 0 Å². The van der Waals surface area contributed by atoms with Crippen molar-refractivity contribution in [2.45, 2.75) is 91.1 Å². The van der Waals surface area contributed by atoms with Crippen LogP contribution in [0.25, 0.3) is 0 Å². The van der Waals surface area contributed by atoms with Gasteiger partial charge in [0, 0.05) is 39.6 Å². The molecule has 0 aromatic carbocycles. The lowest BCUT2D eigenvalue weighted by Crippen LogP contribution is -2.51. The van der Waals surface area contributed by atoms with Crippen LogP contribution in [0.3, 0.4) is 0 Å². The minimum Gasteiger partial charge on any atom is -0.393 e. The maximum absolute atomic E-state index is 13.2. The number of aliphatic hydroxyl groups is 1. The third kappa shape index (κ3) is 4.62.